The molecule has 0 fully saturated rings. The predicted molar refractivity (Wildman–Crippen MR) is 112 cm³/mol. The third-order valence-electron chi connectivity index (χ3n) is 4.36. The van der Waals surface area contributed by atoms with Crippen molar-refractivity contribution in [1.82, 2.24) is 0 Å². The van der Waals surface area contributed by atoms with Crippen molar-refractivity contribution < 1.29 is 28.7 Å². The summed E-state index contributed by atoms with van der Waals surface area (Å²) in [5, 5.41) is 10.7. The third kappa shape index (κ3) is 11.4. The van der Waals surface area contributed by atoms with E-state index in [1.165, 1.54) is 43.5 Å². The molecule has 1 aromatic carbocycles. The largest absolute Gasteiger partial charge is 0.514 e. The fourth-order valence-corrected chi connectivity index (χ4v) is 2.83. The molecule has 0 bridgehead atoms. The number of nitro groups is 1. The van der Waals surface area contributed by atoms with E-state index in [2.05, 4.69) is 20.8 Å². The predicted octanol–water partition coefficient (Wildman–Crippen LogP) is 5.59. The van der Waals surface area contributed by atoms with Crippen LogP contribution in [-0.4, -0.2) is 29.3 Å². The summed E-state index contributed by atoms with van der Waals surface area (Å²) in [6.07, 6.45) is 5.40. The standard InChI is InChI=1S/C22H31NO7/c1-4-5-6-7-8-9-10-19(15-16-21(24)28-17(2)3)29-22(25)30-20-13-11-18(12-14-20)23(26)27/h11-14,17,19H,2-10,15-16H2,1H3. The van der Waals surface area contributed by atoms with E-state index in [0.717, 1.165) is 19.3 Å². The molecule has 2 radical (unpaired) electrons. The first-order chi connectivity index (χ1) is 14.3. The number of ether oxygens (including phenoxy) is 3. The van der Waals surface area contributed by atoms with Gasteiger partial charge >= 0.3 is 12.1 Å². The average Bonchev–Trinajstić information content (AvgIpc) is 2.68. The Labute approximate surface area is 178 Å². The van der Waals surface area contributed by atoms with E-state index in [4.69, 9.17) is 14.2 Å². The number of nitro benzene ring substituents is 1. The average molecular weight is 421 g/mol. The highest BCUT2D eigenvalue weighted by molar-refractivity contribution is 5.70. The molecule has 1 unspecified atom stereocenters. The van der Waals surface area contributed by atoms with Gasteiger partial charge in [-0.3, -0.25) is 14.9 Å². The molecule has 1 rings (SSSR count). The van der Waals surface area contributed by atoms with Gasteiger partial charge in [0, 0.05) is 18.6 Å². The molecule has 1 aromatic rings. The number of carbonyl (C=O) groups is 2. The Balaban J connectivity index is 2.54. The van der Waals surface area contributed by atoms with Gasteiger partial charge in [0.25, 0.3) is 5.69 Å². The van der Waals surface area contributed by atoms with Crippen LogP contribution >= 0.6 is 0 Å². The lowest BCUT2D eigenvalue weighted by Crippen LogP contribution is -2.23. The quantitative estimate of drug-likeness (QED) is 0.127. The maximum atomic E-state index is 12.1. The molecule has 0 saturated heterocycles. The first-order valence-corrected chi connectivity index (χ1v) is 10.3. The van der Waals surface area contributed by atoms with Crippen molar-refractivity contribution in [2.24, 2.45) is 0 Å². The molecule has 0 N–H and O–H groups in total. The van der Waals surface area contributed by atoms with E-state index in [1.807, 2.05) is 0 Å². The number of carbonyl (C=O) groups excluding carboxylic acids is 2. The summed E-state index contributed by atoms with van der Waals surface area (Å²) in [5.41, 5.74) is -0.107. The molecule has 166 valence electrons. The minimum Gasteiger partial charge on any atom is -0.462 e. The summed E-state index contributed by atoms with van der Waals surface area (Å²) in [6.45, 7) is 9.16. The van der Waals surface area contributed by atoms with Crippen LogP contribution in [0.4, 0.5) is 10.5 Å². The maximum absolute atomic E-state index is 12.1. The lowest BCUT2D eigenvalue weighted by Gasteiger charge is -2.18. The molecule has 0 aliphatic carbocycles. The molecule has 1 atom stereocenters. The highest BCUT2D eigenvalue weighted by Crippen LogP contribution is 2.20. The molecule has 8 heteroatoms. The van der Waals surface area contributed by atoms with Crippen molar-refractivity contribution in [2.75, 3.05) is 0 Å². The van der Waals surface area contributed by atoms with Crippen LogP contribution in [0.2, 0.25) is 0 Å². The molecule has 0 aliphatic heterocycles. The Kier molecular flexibility index (Phi) is 12.2. The number of non-ortho nitro benzene ring substituents is 1. The zero-order valence-electron chi connectivity index (χ0n) is 17.5. The number of hydrogen-bond donors (Lipinski definition) is 0. The van der Waals surface area contributed by atoms with E-state index in [9.17, 15) is 19.7 Å². The van der Waals surface area contributed by atoms with Gasteiger partial charge in [-0.2, -0.15) is 0 Å². The van der Waals surface area contributed by atoms with Gasteiger partial charge in [-0.15, -0.1) is 0 Å². The number of rotatable bonds is 14. The summed E-state index contributed by atoms with van der Waals surface area (Å²) in [4.78, 5) is 34.0. The van der Waals surface area contributed by atoms with Crippen molar-refractivity contribution >= 4 is 17.8 Å². The topological polar surface area (TPSA) is 105 Å². The summed E-state index contributed by atoms with van der Waals surface area (Å²) in [7, 11) is 0. The molecule has 0 aliphatic rings. The van der Waals surface area contributed by atoms with E-state index in [0.29, 0.717) is 12.8 Å². The van der Waals surface area contributed by atoms with Crippen LogP contribution in [0.15, 0.2) is 24.3 Å². The number of nitrogens with zero attached hydrogens (tertiary/aromatic N) is 1. The smallest absolute Gasteiger partial charge is 0.462 e. The Morgan fingerprint density at radius 1 is 1.00 bits per heavy atom. The minimum atomic E-state index is -0.916. The van der Waals surface area contributed by atoms with Crippen LogP contribution in [0.25, 0.3) is 0 Å². The fourth-order valence-electron chi connectivity index (χ4n) is 2.83. The summed E-state index contributed by atoms with van der Waals surface area (Å²) in [5.74, 6) is -0.314. The molecule has 0 spiro atoms. The van der Waals surface area contributed by atoms with Gasteiger partial charge in [0.2, 0.25) is 0 Å². The van der Waals surface area contributed by atoms with Gasteiger partial charge in [0.15, 0.2) is 0 Å². The summed E-state index contributed by atoms with van der Waals surface area (Å²) < 4.78 is 15.4. The maximum Gasteiger partial charge on any atom is 0.514 e. The summed E-state index contributed by atoms with van der Waals surface area (Å²) in [6, 6.07) is 5.12. The van der Waals surface area contributed by atoms with Gasteiger partial charge in [0.05, 0.1) is 4.92 Å². The van der Waals surface area contributed by atoms with Gasteiger partial charge in [0.1, 0.15) is 18.0 Å². The van der Waals surface area contributed by atoms with Crippen molar-refractivity contribution in [2.45, 2.75) is 76.9 Å². The number of benzene rings is 1. The second-order valence-electron chi connectivity index (χ2n) is 7.05. The Morgan fingerprint density at radius 3 is 2.23 bits per heavy atom. The van der Waals surface area contributed by atoms with E-state index >= 15 is 0 Å². The van der Waals surface area contributed by atoms with Crippen molar-refractivity contribution in [3.8, 4) is 5.75 Å². The fraction of sp³-hybridized carbons (Fsp3) is 0.545. The monoisotopic (exact) mass is 421 g/mol. The highest BCUT2D eigenvalue weighted by Gasteiger charge is 2.19. The minimum absolute atomic E-state index is 0.0762. The Bertz CT molecular complexity index is 658. The molecule has 0 heterocycles. The lowest BCUT2D eigenvalue weighted by atomic mass is 10.0. The Hall–Kier alpha value is -2.64. The van der Waals surface area contributed by atoms with Crippen LogP contribution in [0.3, 0.4) is 0 Å². The van der Waals surface area contributed by atoms with Crippen LogP contribution < -0.4 is 4.74 Å². The Morgan fingerprint density at radius 2 is 1.63 bits per heavy atom. The van der Waals surface area contributed by atoms with Gasteiger partial charge < -0.3 is 14.2 Å². The van der Waals surface area contributed by atoms with Crippen LogP contribution in [0.5, 0.6) is 5.75 Å². The molecule has 0 aromatic heterocycles. The molecule has 0 saturated carbocycles. The molecule has 30 heavy (non-hydrogen) atoms. The lowest BCUT2D eigenvalue weighted by molar-refractivity contribution is -0.384. The second kappa shape index (κ2) is 14.4. The summed E-state index contributed by atoms with van der Waals surface area (Å²) >= 11 is 0. The molecule has 0 amide bonds. The molecular formula is C22H31NO7. The first-order valence-electron chi connectivity index (χ1n) is 10.3. The number of unbranched alkanes of at least 4 members (excludes halogenated alkanes) is 5. The van der Waals surface area contributed by atoms with Gasteiger partial charge in [-0.1, -0.05) is 39.0 Å². The first kappa shape index (κ1) is 25.4. The van der Waals surface area contributed by atoms with Gasteiger partial charge in [-0.25, -0.2) is 4.79 Å². The van der Waals surface area contributed by atoms with Crippen LogP contribution in [0, 0.1) is 24.0 Å². The molecule has 8 nitrogen and oxygen atoms in total. The van der Waals surface area contributed by atoms with Crippen molar-refractivity contribution in [1.29, 1.82) is 0 Å². The zero-order valence-corrected chi connectivity index (χ0v) is 17.5. The van der Waals surface area contributed by atoms with Crippen molar-refractivity contribution in [3.05, 3.63) is 48.2 Å². The SMILES string of the molecule is [CH2]C([CH2])OC(=O)CCC(CCCCCCCC)OC(=O)Oc1ccc([N+](=O)[O-])cc1. The molecular weight excluding hydrogens is 390 g/mol. The second-order valence-corrected chi connectivity index (χ2v) is 7.05. The normalized spacial score (nSPS) is 11.7. The van der Waals surface area contributed by atoms with Crippen LogP contribution in [0.1, 0.15) is 64.7 Å². The number of esters is 1. The van der Waals surface area contributed by atoms with Crippen LogP contribution in [-0.2, 0) is 14.3 Å². The van der Waals surface area contributed by atoms with E-state index in [1.54, 1.807) is 0 Å². The third-order valence-corrected chi connectivity index (χ3v) is 4.36. The zero-order chi connectivity index (χ0) is 22.4. The van der Waals surface area contributed by atoms with Crippen molar-refractivity contribution in [3.63, 3.8) is 0 Å². The van der Waals surface area contributed by atoms with E-state index in [-0.39, 0.29) is 17.9 Å². The number of hydrogen-bond acceptors (Lipinski definition) is 7. The highest BCUT2D eigenvalue weighted by atomic mass is 16.7. The van der Waals surface area contributed by atoms with Gasteiger partial charge in [-0.05, 0) is 45.2 Å². The van der Waals surface area contributed by atoms with E-state index < -0.39 is 29.3 Å².